The van der Waals surface area contributed by atoms with Crippen molar-refractivity contribution in [1.29, 1.82) is 0 Å². The molecule has 1 N–H and O–H groups in total. The second kappa shape index (κ2) is 7.89. The lowest BCUT2D eigenvalue weighted by atomic mass is 10.0. The van der Waals surface area contributed by atoms with E-state index in [9.17, 15) is 23.1 Å². The van der Waals surface area contributed by atoms with Gasteiger partial charge in [0.05, 0.1) is 12.7 Å². The summed E-state index contributed by atoms with van der Waals surface area (Å²) < 4.78 is 44.0. The Hall–Kier alpha value is -1.56. The molecule has 0 aliphatic carbocycles. The molecule has 20 heavy (non-hydrogen) atoms. The summed E-state index contributed by atoms with van der Waals surface area (Å²) in [5, 5.41) is 9.70. The monoisotopic (exact) mass is 290 g/mol. The molecule has 0 fully saturated rings. The van der Waals surface area contributed by atoms with Crippen molar-refractivity contribution in [3.05, 3.63) is 35.1 Å². The van der Waals surface area contributed by atoms with E-state index in [1.54, 1.807) is 0 Å². The molecule has 1 atom stereocenters. The number of unbranched alkanes of at least 4 members (excludes halogenated alkanes) is 1. The van der Waals surface area contributed by atoms with E-state index >= 15 is 0 Å². The van der Waals surface area contributed by atoms with Gasteiger partial charge in [-0.3, -0.25) is 4.79 Å². The van der Waals surface area contributed by atoms with E-state index in [4.69, 9.17) is 4.74 Å². The van der Waals surface area contributed by atoms with Crippen LogP contribution in [0.25, 0.3) is 0 Å². The zero-order valence-corrected chi connectivity index (χ0v) is 11.2. The highest BCUT2D eigenvalue weighted by Crippen LogP contribution is 2.24. The van der Waals surface area contributed by atoms with Crippen LogP contribution < -0.4 is 0 Å². The van der Waals surface area contributed by atoms with E-state index in [0.717, 1.165) is 12.8 Å². The number of aliphatic hydroxyl groups is 1. The van der Waals surface area contributed by atoms with Crippen molar-refractivity contribution in [3.63, 3.8) is 0 Å². The lowest BCUT2D eigenvalue weighted by Gasteiger charge is -2.12. The molecule has 0 heterocycles. The fourth-order valence-corrected chi connectivity index (χ4v) is 1.61. The van der Waals surface area contributed by atoms with Gasteiger partial charge in [0.1, 0.15) is 5.82 Å². The first-order valence-corrected chi connectivity index (χ1v) is 6.43. The zero-order valence-electron chi connectivity index (χ0n) is 11.2. The molecule has 0 amide bonds. The summed E-state index contributed by atoms with van der Waals surface area (Å²) in [6.45, 7) is 2.24. The number of hydrogen-bond donors (Lipinski definition) is 1. The number of benzene rings is 1. The van der Waals surface area contributed by atoms with Crippen LogP contribution >= 0.6 is 0 Å². The third kappa shape index (κ3) is 4.85. The van der Waals surface area contributed by atoms with Crippen LogP contribution in [0.4, 0.5) is 13.2 Å². The van der Waals surface area contributed by atoms with Crippen LogP contribution in [0.2, 0.25) is 0 Å². The largest absolute Gasteiger partial charge is 0.466 e. The van der Waals surface area contributed by atoms with Crippen molar-refractivity contribution in [1.82, 2.24) is 0 Å². The summed E-state index contributed by atoms with van der Waals surface area (Å²) in [6, 6.07) is 0.963. The van der Waals surface area contributed by atoms with Gasteiger partial charge in [0, 0.05) is 18.1 Å². The Bertz CT molecular complexity index is 463. The van der Waals surface area contributed by atoms with E-state index in [-0.39, 0.29) is 18.4 Å². The first kappa shape index (κ1) is 16.5. The molecule has 3 nitrogen and oxygen atoms in total. The molecular weight excluding hydrogens is 273 g/mol. The van der Waals surface area contributed by atoms with Crippen LogP contribution in [0, 0.1) is 17.5 Å². The van der Waals surface area contributed by atoms with Crippen LogP contribution in [-0.2, 0) is 9.53 Å². The van der Waals surface area contributed by atoms with E-state index in [2.05, 4.69) is 0 Å². The van der Waals surface area contributed by atoms with E-state index in [1.165, 1.54) is 0 Å². The minimum atomic E-state index is -1.39. The van der Waals surface area contributed by atoms with Gasteiger partial charge < -0.3 is 9.84 Å². The molecule has 6 heteroatoms. The molecule has 1 unspecified atom stereocenters. The number of ether oxygens (including phenoxy) is 1. The van der Waals surface area contributed by atoms with E-state index in [1.807, 2.05) is 6.92 Å². The Morgan fingerprint density at radius 2 is 1.90 bits per heavy atom. The van der Waals surface area contributed by atoms with E-state index in [0.29, 0.717) is 18.7 Å². The summed E-state index contributed by atoms with van der Waals surface area (Å²) in [4.78, 5) is 11.3. The normalized spacial score (nSPS) is 12.2. The minimum absolute atomic E-state index is 0.118. The predicted octanol–water partition coefficient (Wildman–Crippen LogP) is 3.26. The van der Waals surface area contributed by atoms with Crippen molar-refractivity contribution in [2.75, 3.05) is 6.61 Å². The summed E-state index contributed by atoms with van der Waals surface area (Å²) in [7, 11) is 0. The molecule has 1 aromatic carbocycles. The number of aliphatic hydroxyl groups excluding tert-OH is 1. The van der Waals surface area contributed by atoms with E-state index < -0.39 is 29.5 Å². The van der Waals surface area contributed by atoms with Crippen LogP contribution in [0.1, 0.15) is 44.3 Å². The lowest BCUT2D eigenvalue weighted by molar-refractivity contribution is -0.144. The van der Waals surface area contributed by atoms with Crippen molar-refractivity contribution in [3.8, 4) is 0 Å². The maximum Gasteiger partial charge on any atom is 0.305 e. The second-order valence-corrected chi connectivity index (χ2v) is 4.42. The van der Waals surface area contributed by atoms with Gasteiger partial charge in [-0.05, 0) is 18.9 Å². The molecule has 112 valence electrons. The van der Waals surface area contributed by atoms with Crippen LogP contribution in [0.15, 0.2) is 12.1 Å². The Balaban J connectivity index is 2.52. The Kier molecular flexibility index (Phi) is 6.51. The highest BCUT2D eigenvalue weighted by molar-refractivity contribution is 5.69. The lowest BCUT2D eigenvalue weighted by Crippen LogP contribution is -2.09. The molecular formula is C14H17F3O3. The Morgan fingerprint density at radius 3 is 2.55 bits per heavy atom. The standard InChI is InChI=1S/C14H17F3O3/c1-2-3-6-20-14(19)5-4-13(18)9-7-11(16)12(17)8-10(9)15/h7-8,13,18H,2-6H2,1H3. The molecule has 1 rings (SSSR count). The topological polar surface area (TPSA) is 46.5 Å². The molecule has 0 aromatic heterocycles. The highest BCUT2D eigenvalue weighted by atomic mass is 19.2. The predicted molar refractivity (Wildman–Crippen MR) is 66.4 cm³/mol. The van der Waals surface area contributed by atoms with Gasteiger partial charge in [-0.25, -0.2) is 13.2 Å². The summed E-state index contributed by atoms with van der Waals surface area (Å²) in [5.74, 6) is -4.13. The van der Waals surface area contributed by atoms with Gasteiger partial charge in [-0.1, -0.05) is 13.3 Å². The zero-order chi connectivity index (χ0) is 15.1. The molecule has 0 radical (unpaired) electrons. The number of rotatable bonds is 7. The number of hydrogen-bond acceptors (Lipinski definition) is 3. The fraction of sp³-hybridized carbons (Fsp3) is 0.500. The molecule has 0 bridgehead atoms. The number of carbonyl (C=O) groups is 1. The molecule has 0 saturated carbocycles. The minimum Gasteiger partial charge on any atom is -0.466 e. The first-order chi connectivity index (χ1) is 9.45. The van der Waals surface area contributed by atoms with Gasteiger partial charge in [0.15, 0.2) is 11.6 Å². The van der Waals surface area contributed by atoms with Gasteiger partial charge in [0.2, 0.25) is 0 Å². The summed E-state index contributed by atoms with van der Waals surface area (Å²) in [5.41, 5.74) is -0.370. The average molecular weight is 290 g/mol. The van der Waals surface area contributed by atoms with Crippen molar-refractivity contribution >= 4 is 5.97 Å². The van der Waals surface area contributed by atoms with Gasteiger partial charge in [0.25, 0.3) is 0 Å². The summed E-state index contributed by atoms with van der Waals surface area (Å²) in [6.07, 6.45) is 0.00189. The molecule has 1 aromatic rings. The first-order valence-electron chi connectivity index (χ1n) is 6.43. The smallest absolute Gasteiger partial charge is 0.305 e. The highest BCUT2D eigenvalue weighted by Gasteiger charge is 2.18. The second-order valence-electron chi connectivity index (χ2n) is 4.42. The molecule has 0 saturated heterocycles. The third-order valence-corrected chi connectivity index (χ3v) is 2.78. The molecule has 0 aliphatic heterocycles. The maximum atomic E-state index is 13.4. The van der Waals surface area contributed by atoms with Crippen LogP contribution in [-0.4, -0.2) is 17.7 Å². The fourth-order valence-electron chi connectivity index (χ4n) is 1.61. The van der Waals surface area contributed by atoms with Crippen LogP contribution in [0.3, 0.4) is 0 Å². The Labute approximate surface area is 115 Å². The van der Waals surface area contributed by atoms with Gasteiger partial charge in [-0.15, -0.1) is 0 Å². The SMILES string of the molecule is CCCCOC(=O)CCC(O)c1cc(F)c(F)cc1F. The van der Waals surface area contributed by atoms with Crippen molar-refractivity contribution < 1.29 is 27.8 Å². The number of carbonyl (C=O) groups excluding carboxylic acids is 1. The quantitative estimate of drug-likeness (QED) is 0.476. The van der Waals surface area contributed by atoms with Gasteiger partial charge >= 0.3 is 5.97 Å². The third-order valence-electron chi connectivity index (χ3n) is 2.78. The molecule has 0 aliphatic rings. The van der Waals surface area contributed by atoms with Crippen molar-refractivity contribution in [2.45, 2.75) is 38.7 Å². The van der Waals surface area contributed by atoms with Gasteiger partial charge in [-0.2, -0.15) is 0 Å². The average Bonchev–Trinajstić information content (AvgIpc) is 2.40. The van der Waals surface area contributed by atoms with Crippen LogP contribution in [0.5, 0.6) is 0 Å². The Morgan fingerprint density at radius 1 is 1.25 bits per heavy atom. The maximum absolute atomic E-state index is 13.4. The molecule has 0 spiro atoms. The summed E-state index contributed by atoms with van der Waals surface area (Å²) >= 11 is 0. The van der Waals surface area contributed by atoms with Crippen molar-refractivity contribution in [2.24, 2.45) is 0 Å². The number of esters is 1. The number of halogens is 3.